The predicted octanol–water partition coefficient (Wildman–Crippen LogP) is 2.67. The van der Waals surface area contributed by atoms with Crippen LogP contribution in [0, 0.1) is 5.82 Å². The van der Waals surface area contributed by atoms with Crippen molar-refractivity contribution in [2.75, 3.05) is 28.4 Å². The van der Waals surface area contributed by atoms with Gasteiger partial charge in [-0.05, 0) is 24.3 Å². The van der Waals surface area contributed by atoms with Gasteiger partial charge in [0.05, 0.1) is 21.3 Å². The summed E-state index contributed by atoms with van der Waals surface area (Å²) in [7, 11) is 1.79. The molecular weight excluding hydrogens is 349 g/mol. The van der Waals surface area contributed by atoms with Crippen LogP contribution in [0.5, 0.6) is 17.2 Å². The Labute approximate surface area is 146 Å². The summed E-state index contributed by atoms with van der Waals surface area (Å²) < 4.78 is 55.7. The predicted molar refractivity (Wildman–Crippen MR) is 91.2 cm³/mol. The summed E-state index contributed by atoms with van der Waals surface area (Å²) in [4.78, 5) is -0.232. The standard InChI is InChI=1S/C17H20FNO5S/c1-19(11-12-5-7-14(22-2)10-16(12)24-4)25(20,21)17-9-13(18)6-8-15(17)23-3/h5-10H,11H2,1-4H3. The van der Waals surface area contributed by atoms with Crippen molar-refractivity contribution < 1.29 is 27.0 Å². The van der Waals surface area contributed by atoms with Crippen LogP contribution in [0.25, 0.3) is 0 Å². The minimum absolute atomic E-state index is 0.0369. The Bertz CT molecular complexity index is 854. The molecule has 136 valence electrons. The van der Waals surface area contributed by atoms with Crippen molar-refractivity contribution in [3.63, 3.8) is 0 Å². The molecule has 0 bridgehead atoms. The van der Waals surface area contributed by atoms with Gasteiger partial charge in [0.25, 0.3) is 0 Å². The van der Waals surface area contributed by atoms with E-state index < -0.39 is 15.8 Å². The third-order valence-corrected chi connectivity index (χ3v) is 5.53. The lowest BCUT2D eigenvalue weighted by Crippen LogP contribution is -2.27. The molecule has 6 nitrogen and oxygen atoms in total. The third-order valence-electron chi connectivity index (χ3n) is 3.70. The molecule has 0 spiro atoms. The van der Waals surface area contributed by atoms with Crippen LogP contribution >= 0.6 is 0 Å². The van der Waals surface area contributed by atoms with Crippen molar-refractivity contribution in [1.82, 2.24) is 4.31 Å². The molecule has 2 aromatic rings. The van der Waals surface area contributed by atoms with Crippen LogP contribution in [-0.4, -0.2) is 41.1 Å². The third kappa shape index (κ3) is 4.02. The molecule has 0 N–H and O–H groups in total. The summed E-state index contributed by atoms with van der Waals surface area (Å²) >= 11 is 0. The summed E-state index contributed by atoms with van der Waals surface area (Å²) in [5.74, 6) is 0.510. The van der Waals surface area contributed by atoms with Gasteiger partial charge >= 0.3 is 0 Å². The van der Waals surface area contributed by atoms with Crippen molar-refractivity contribution in [3.8, 4) is 17.2 Å². The van der Waals surface area contributed by atoms with Crippen LogP contribution < -0.4 is 14.2 Å². The number of rotatable bonds is 7. The fourth-order valence-corrected chi connectivity index (χ4v) is 3.64. The van der Waals surface area contributed by atoms with E-state index >= 15 is 0 Å². The first kappa shape index (κ1) is 19.0. The number of nitrogens with zero attached hydrogens (tertiary/aromatic N) is 1. The molecule has 25 heavy (non-hydrogen) atoms. The number of benzene rings is 2. The molecule has 0 fully saturated rings. The van der Waals surface area contributed by atoms with Gasteiger partial charge in [0.15, 0.2) is 0 Å². The highest BCUT2D eigenvalue weighted by Crippen LogP contribution is 2.30. The Morgan fingerprint density at radius 1 is 0.960 bits per heavy atom. The summed E-state index contributed by atoms with van der Waals surface area (Å²) in [6.45, 7) is 0.0369. The van der Waals surface area contributed by atoms with E-state index in [2.05, 4.69) is 0 Å². The Morgan fingerprint density at radius 2 is 1.64 bits per heavy atom. The van der Waals surface area contributed by atoms with Gasteiger partial charge in [-0.2, -0.15) is 4.31 Å². The van der Waals surface area contributed by atoms with Gasteiger partial charge in [0.2, 0.25) is 10.0 Å². The molecule has 0 heterocycles. The summed E-state index contributed by atoms with van der Waals surface area (Å²) in [5, 5.41) is 0. The average molecular weight is 369 g/mol. The Kier molecular flexibility index (Phi) is 5.86. The van der Waals surface area contributed by atoms with Gasteiger partial charge in [-0.25, -0.2) is 12.8 Å². The molecule has 0 amide bonds. The number of hydrogen-bond donors (Lipinski definition) is 0. The zero-order valence-corrected chi connectivity index (χ0v) is 15.3. The smallest absolute Gasteiger partial charge is 0.246 e. The Morgan fingerprint density at radius 3 is 2.24 bits per heavy atom. The first-order valence-corrected chi connectivity index (χ1v) is 8.78. The van der Waals surface area contributed by atoms with Gasteiger partial charge in [0, 0.05) is 25.2 Å². The zero-order chi connectivity index (χ0) is 18.6. The molecule has 0 unspecified atom stereocenters. The number of sulfonamides is 1. The van der Waals surface area contributed by atoms with E-state index in [0.717, 1.165) is 16.4 Å². The molecule has 0 aromatic heterocycles. The van der Waals surface area contributed by atoms with Crippen LogP contribution in [0.4, 0.5) is 4.39 Å². The minimum Gasteiger partial charge on any atom is -0.497 e. The number of methoxy groups -OCH3 is 3. The summed E-state index contributed by atoms with van der Waals surface area (Å²) in [6, 6.07) is 8.45. The first-order chi connectivity index (χ1) is 11.8. The maximum atomic E-state index is 13.5. The van der Waals surface area contributed by atoms with E-state index in [1.165, 1.54) is 34.4 Å². The Balaban J connectivity index is 2.37. The molecule has 0 saturated heterocycles. The fraction of sp³-hybridized carbons (Fsp3) is 0.294. The maximum Gasteiger partial charge on any atom is 0.246 e. The largest absolute Gasteiger partial charge is 0.497 e. The number of ether oxygens (including phenoxy) is 3. The molecular formula is C17H20FNO5S. The summed E-state index contributed by atoms with van der Waals surface area (Å²) in [5.41, 5.74) is 0.643. The average Bonchev–Trinajstić information content (AvgIpc) is 2.61. The van der Waals surface area contributed by atoms with Crippen LogP contribution in [0.2, 0.25) is 0 Å². The molecule has 0 aliphatic heterocycles. The number of hydrogen-bond acceptors (Lipinski definition) is 5. The van der Waals surface area contributed by atoms with Crippen LogP contribution in [0.1, 0.15) is 5.56 Å². The molecule has 0 saturated carbocycles. The maximum absolute atomic E-state index is 13.5. The van der Waals surface area contributed by atoms with Crippen LogP contribution in [-0.2, 0) is 16.6 Å². The lowest BCUT2D eigenvalue weighted by atomic mass is 10.2. The topological polar surface area (TPSA) is 65.1 Å². The van der Waals surface area contributed by atoms with Gasteiger partial charge in [-0.15, -0.1) is 0 Å². The van der Waals surface area contributed by atoms with Crippen molar-refractivity contribution in [1.29, 1.82) is 0 Å². The van der Waals surface area contributed by atoms with Crippen molar-refractivity contribution >= 4 is 10.0 Å². The van der Waals surface area contributed by atoms with E-state index in [0.29, 0.717) is 17.1 Å². The molecule has 0 radical (unpaired) electrons. The van der Waals surface area contributed by atoms with E-state index in [4.69, 9.17) is 14.2 Å². The molecule has 0 atom stereocenters. The fourth-order valence-electron chi connectivity index (χ4n) is 2.33. The van der Waals surface area contributed by atoms with Crippen molar-refractivity contribution in [2.24, 2.45) is 0 Å². The lowest BCUT2D eigenvalue weighted by molar-refractivity contribution is 0.382. The molecule has 0 aliphatic rings. The monoisotopic (exact) mass is 369 g/mol. The van der Waals surface area contributed by atoms with E-state index in [9.17, 15) is 12.8 Å². The highest BCUT2D eigenvalue weighted by atomic mass is 32.2. The highest BCUT2D eigenvalue weighted by Gasteiger charge is 2.26. The highest BCUT2D eigenvalue weighted by molar-refractivity contribution is 7.89. The Hall–Kier alpha value is -2.32. The van der Waals surface area contributed by atoms with Gasteiger partial charge < -0.3 is 14.2 Å². The number of halogens is 1. The second-order valence-electron chi connectivity index (χ2n) is 5.23. The van der Waals surface area contributed by atoms with Crippen molar-refractivity contribution in [3.05, 3.63) is 47.8 Å². The second kappa shape index (κ2) is 7.71. The first-order valence-electron chi connectivity index (χ1n) is 7.34. The van der Waals surface area contributed by atoms with Crippen LogP contribution in [0.3, 0.4) is 0 Å². The molecule has 2 rings (SSSR count). The molecule has 2 aromatic carbocycles. The summed E-state index contributed by atoms with van der Waals surface area (Å²) in [6.07, 6.45) is 0. The normalized spacial score (nSPS) is 11.4. The van der Waals surface area contributed by atoms with E-state index in [-0.39, 0.29) is 17.2 Å². The van der Waals surface area contributed by atoms with Gasteiger partial charge in [0.1, 0.15) is 28.0 Å². The van der Waals surface area contributed by atoms with Crippen molar-refractivity contribution in [2.45, 2.75) is 11.4 Å². The lowest BCUT2D eigenvalue weighted by Gasteiger charge is -2.20. The zero-order valence-electron chi connectivity index (χ0n) is 14.4. The van der Waals surface area contributed by atoms with Crippen LogP contribution in [0.15, 0.2) is 41.3 Å². The van der Waals surface area contributed by atoms with Gasteiger partial charge in [-0.1, -0.05) is 6.07 Å². The molecule has 8 heteroatoms. The SMILES string of the molecule is COc1ccc(CN(C)S(=O)(=O)c2cc(F)ccc2OC)c(OC)c1. The van der Waals surface area contributed by atoms with Gasteiger partial charge in [-0.3, -0.25) is 0 Å². The van der Waals surface area contributed by atoms with E-state index in [1.54, 1.807) is 18.2 Å². The molecule has 0 aliphatic carbocycles. The second-order valence-corrected chi connectivity index (χ2v) is 7.25. The van der Waals surface area contributed by atoms with E-state index in [1.807, 2.05) is 0 Å². The minimum atomic E-state index is -3.96. The quantitative estimate of drug-likeness (QED) is 0.751.